The lowest BCUT2D eigenvalue weighted by atomic mass is 10.2. The SMILES string of the molecule is Cc1nc(N)sc1C(C)N1CCN(C)CC1. The molecule has 1 unspecified atom stereocenters. The van der Waals surface area contributed by atoms with E-state index in [2.05, 4.69) is 35.7 Å². The predicted octanol–water partition coefficient (Wildman–Crippen LogP) is 1.34. The van der Waals surface area contributed by atoms with E-state index >= 15 is 0 Å². The Labute approximate surface area is 101 Å². The summed E-state index contributed by atoms with van der Waals surface area (Å²) in [6, 6.07) is 0.448. The first-order valence-electron chi connectivity index (χ1n) is 5.73. The molecule has 1 saturated heterocycles. The van der Waals surface area contributed by atoms with Crippen molar-refractivity contribution in [1.82, 2.24) is 14.8 Å². The van der Waals surface area contributed by atoms with Crippen molar-refractivity contribution in [3.63, 3.8) is 0 Å². The van der Waals surface area contributed by atoms with Crippen LogP contribution in [0.3, 0.4) is 0 Å². The first-order valence-corrected chi connectivity index (χ1v) is 6.55. The zero-order valence-electron chi connectivity index (χ0n) is 10.2. The van der Waals surface area contributed by atoms with Crippen LogP contribution in [-0.4, -0.2) is 48.0 Å². The molecule has 0 aliphatic carbocycles. The summed E-state index contributed by atoms with van der Waals surface area (Å²) < 4.78 is 0. The Morgan fingerprint density at radius 3 is 2.44 bits per heavy atom. The molecule has 0 amide bonds. The third-order valence-electron chi connectivity index (χ3n) is 3.31. The molecular formula is C11H20N4S. The van der Waals surface area contributed by atoms with Gasteiger partial charge in [-0.05, 0) is 20.9 Å². The first-order chi connectivity index (χ1) is 7.58. The fourth-order valence-corrected chi connectivity index (χ4v) is 3.11. The van der Waals surface area contributed by atoms with Crippen LogP contribution in [0.2, 0.25) is 0 Å². The van der Waals surface area contributed by atoms with Crippen LogP contribution in [0, 0.1) is 6.92 Å². The predicted molar refractivity (Wildman–Crippen MR) is 68.7 cm³/mol. The highest BCUT2D eigenvalue weighted by atomic mass is 32.1. The van der Waals surface area contributed by atoms with E-state index in [0.717, 1.165) is 31.9 Å². The number of aromatic nitrogens is 1. The van der Waals surface area contributed by atoms with Gasteiger partial charge in [-0.25, -0.2) is 4.98 Å². The lowest BCUT2D eigenvalue weighted by Gasteiger charge is -2.36. The number of likely N-dealkylation sites (N-methyl/N-ethyl adjacent to an activating group) is 1. The second-order valence-electron chi connectivity index (χ2n) is 4.52. The van der Waals surface area contributed by atoms with Crippen LogP contribution in [0.15, 0.2) is 0 Å². The molecule has 5 heteroatoms. The third kappa shape index (κ3) is 2.36. The zero-order valence-corrected chi connectivity index (χ0v) is 11.0. The van der Waals surface area contributed by atoms with E-state index < -0.39 is 0 Å². The summed E-state index contributed by atoms with van der Waals surface area (Å²) >= 11 is 1.63. The van der Waals surface area contributed by atoms with Gasteiger partial charge in [0.05, 0.1) is 5.69 Å². The molecule has 2 rings (SSSR count). The summed E-state index contributed by atoms with van der Waals surface area (Å²) in [5.41, 5.74) is 6.84. The van der Waals surface area contributed by atoms with Crippen LogP contribution in [0.5, 0.6) is 0 Å². The van der Waals surface area contributed by atoms with Crippen molar-refractivity contribution in [3.8, 4) is 0 Å². The number of piperazine rings is 1. The van der Waals surface area contributed by atoms with E-state index in [0.29, 0.717) is 11.2 Å². The van der Waals surface area contributed by atoms with Crippen molar-refractivity contribution in [2.75, 3.05) is 39.0 Å². The zero-order chi connectivity index (χ0) is 11.7. The molecule has 2 N–H and O–H groups in total. The van der Waals surface area contributed by atoms with Crippen molar-refractivity contribution in [2.24, 2.45) is 0 Å². The molecule has 1 atom stereocenters. The highest BCUT2D eigenvalue weighted by molar-refractivity contribution is 7.15. The van der Waals surface area contributed by atoms with Gasteiger partial charge in [-0.3, -0.25) is 4.90 Å². The van der Waals surface area contributed by atoms with Crippen LogP contribution in [0.25, 0.3) is 0 Å². The van der Waals surface area contributed by atoms with Gasteiger partial charge in [-0.1, -0.05) is 0 Å². The quantitative estimate of drug-likeness (QED) is 0.847. The first kappa shape index (κ1) is 11.8. The molecule has 0 aromatic carbocycles. The summed E-state index contributed by atoms with van der Waals surface area (Å²) in [7, 11) is 2.18. The van der Waals surface area contributed by atoms with Crippen LogP contribution < -0.4 is 5.73 Å². The minimum atomic E-state index is 0.448. The van der Waals surface area contributed by atoms with Gasteiger partial charge in [0, 0.05) is 37.1 Å². The maximum Gasteiger partial charge on any atom is 0.180 e. The Morgan fingerprint density at radius 1 is 1.31 bits per heavy atom. The third-order valence-corrected chi connectivity index (χ3v) is 4.47. The summed E-state index contributed by atoms with van der Waals surface area (Å²) in [5.74, 6) is 0. The minimum absolute atomic E-state index is 0.448. The molecule has 0 bridgehead atoms. The normalized spacial score (nSPS) is 21.2. The average molecular weight is 240 g/mol. The van der Waals surface area contributed by atoms with Crippen LogP contribution in [-0.2, 0) is 0 Å². The number of rotatable bonds is 2. The lowest BCUT2D eigenvalue weighted by Crippen LogP contribution is -2.45. The molecule has 1 fully saturated rings. The number of aryl methyl sites for hydroxylation is 1. The van der Waals surface area contributed by atoms with E-state index in [1.165, 1.54) is 4.88 Å². The summed E-state index contributed by atoms with van der Waals surface area (Å²) in [5, 5.41) is 0.688. The Hall–Kier alpha value is -0.650. The lowest BCUT2D eigenvalue weighted by molar-refractivity contribution is 0.120. The van der Waals surface area contributed by atoms with Gasteiger partial charge in [0.25, 0.3) is 0 Å². The van der Waals surface area contributed by atoms with Gasteiger partial charge in [-0.2, -0.15) is 0 Å². The summed E-state index contributed by atoms with van der Waals surface area (Å²) in [6.07, 6.45) is 0. The highest BCUT2D eigenvalue weighted by Gasteiger charge is 2.23. The smallest absolute Gasteiger partial charge is 0.180 e. The molecule has 0 radical (unpaired) electrons. The molecule has 1 aromatic rings. The molecular weight excluding hydrogens is 220 g/mol. The van der Waals surface area contributed by atoms with Gasteiger partial charge in [0.2, 0.25) is 0 Å². The summed E-state index contributed by atoms with van der Waals surface area (Å²) in [4.78, 5) is 10.5. The Morgan fingerprint density at radius 2 is 1.94 bits per heavy atom. The van der Waals surface area contributed by atoms with E-state index in [1.54, 1.807) is 11.3 Å². The molecule has 2 heterocycles. The maximum atomic E-state index is 5.75. The van der Waals surface area contributed by atoms with Gasteiger partial charge in [0.1, 0.15) is 0 Å². The molecule has 0 saturated carbocycles. The van der Waals surface area contributed by atoms with Crippen LogP contribution >= 0.6 is 11.3 Å². The van der Waals surface area contributed by atoms with Crippen molar-refractivity contribution >= 4 is 16.5 Å². The van der Waals surface area contributed by atoms with Gasteiger partial charge < -0.3 is 10.6 Å². The topological polar surface area (TPSA) is 45.4 Å². The van der Waals surface area contributed by atoms with Crippen LogP contribution in [0.1, 0.15) is 23.5 Å². The maximum absolute atomic E-state index is 5.75. The molecule has 0 spiro atoms. The van der Waals surface area contributed by atoms with Crippen molar-refractivity contribution in [3.05, 3.63) is 10.6 Å². The highest BCUT2D eigenvalue weighted by Crippen LogP contribution is 2.30. The molecule has 90 valence electrons. The Balaban J connectivity index is 2.07. The molecule has 1 aromatic heterocycles. The molecule has 16 heavy (non-hydrogen) atoms. The number of nitrogen functional groups attached to an aromatic ring is 1. The standard InChI is InChI=1S/C11H20N4S/c1-8-10(16-11(12)13-8)9(2)15-6-4-14(3)5-7-15/h9H,4-7H2,1-3H3,(H2,12,13). The minimum Gasteiger partial charge on any atom is -0.375 e. The number of nitrogens with two attached hydrogens (primary N) is 1. The molecule has 4 nitrogen and oxygen atoms in total. The second-order valence-corrected chi connectivity index (χ2v) is 5.58. The molecule has 1 aliphatic heterocycles. The van der Waals surface area contributed by atoms with Crippen LogP contribution in [0.4, 0.5) is 5.13 Å². The van der Waals surface area contributed by atoms with Gasteiger partial charge in [-0.15, -0.1) is 11.3 Å². The largest absolute Gasteiger partial charge is 0.375 e. The second kappa shape index (κ2) is 4.69. The number of thiazole rings is 1. The number of hydrogen-bond acceptors (Lipinski definition) is 5. The average Bonchev–Trinajstić information content (AvgIpc) is 2.58. The van der Waals surface area contributed by atoms with Gasteiger partial charge >= 0.3 is 0 Å². The fourth-order valence-electron chi connectivity index (χ4n) is 2.19. The van der Waals surface area contributed by atoms with Gasteiger partial charge in [0.15, 0.2) is 5.13 Å². The number of hydrogen-bond donors (Lipinski definition) is 1. The van der Waals surface area contributed by atoms with Crippen molar-refractivity contribution in [1.29, 1.82) is 0 Å². The van der Waals surface area contributed by atoms with E-state index in [1.807, 2.05) is 0 Å². The summed E-state index contributed by atoms with van der Waals surface area (Å²) in [6.45, 7) is 8.87. The fraction of sp³-hybridized carbons (Fsp3) is 0.727. The monoisotopic (exact) mass is 240 g/mol. The number of anilines is 1. The van der Waals surface area contributed by atoms with E-state index in [-0.39, 0.29) is 0 Å². The van der Waals surface area contributed by atoms with Crippen molar-refractivity contribution in [2.45, 2.75) is 19.9 Å². The number of nitrogens with zero attached hydrogens (tertiary/aromatic N) is 3. The Bertz CT molecular complexity index is 355. The van der Waals surface area contributed by atoms with Crippen molar-refractivity contribution < 1.29 is 0 Å². The molecule has 1 aliphatic rings. The Kier molecular flexibility index (Phi) is 3.47. The van der Waals surface area contributed by atoms with E-state index in [9.17, 15) is 0 Å². The van der Waals surface area contributed by atoms with E-state index in [4.69, 9.17) is 5.73 Å².